The summed E-state index contributed by atoms with van der Waals surface area (Å²) in [7, 11) is 0. The lowest BCUT2D eigenvalue weighted by molar-refractivity contribution is -0.0104. The van der Waals surface area contributed by atoms with Crippen LogP contribution in [-0.4, -0.2) is 67.3 Å². The third-order valence-electron chi connectivity index (χ3n) is 5.29. The average Bonchev–Trinajstić information content (AvgIpc) is 3.18. The lowest BCUT2D eigenvalue weighted by Crippen LogP contribution is -2.56. The first kappa shape index (κ1) is 22.8. The lowest BCUT2D eigenvalue weighted by Gasteiger charge is -2.42. The molecule has 2 unspecified atom stereocenters. The van der Waals surface area contributed by atoms with E-state index in [0.29, 0.717) is 0 Å². The van der Waals surface area contributed by atoms with Crippen molar-refractivity contribution in [1.29, 1.82) is 0 Å². The predicted octanol–water partition coefficient (Wildman–Crippen LogP) is 3.13. The number of ether oxygens (including phenoxy) is 1. The highest BCUT2D eigenvalue weighted by Gasteiger charge is 2.40. The number of guanidine groups is 1. The molecule has 2 heterocycles. The minimum absolute atomic E-state index is 0. The smallest absolute Gasteiger partial charge is 0.191 e. The van der Waals surface area contributed by atoms with Crippen LogP contribution in [0.5, 0.6) is 0 Å². The van der Waals surface area contributed by atoms with Crippen LogP contribution in [0.25, 0.3) is 0 Å². The van der Waals surface area contributed by atoms with E-state index in [1.807, 2.05) is 0 Å². The van der Waals surface area contributed by atoms with E-state index in [2.05, 4.69) is 71.5 Å². The quantitative estimate of drug-likeness (QED) is 0.354. The Balaban J connectivity index is 0.00000261. The summed E-state index contributed by atoms with van der Waals surface area (Å²) in [6.07, 6.45) is 1.22. The van der Waals surface area contributed by atoms with E-state index in [1.165, 1.54) is 23.5 Å². The van der Waals surface area contributed by atoms with Crippen molar-refractivity contribution in [2.24, 2.45) is 4.99 Å². The van der Waals surface area contributed by atoms with Crippen LogP contribution in [0.3, 0.4) is 0 Å². The second kappa shape index (κ2) is 11.5. The van der Waals surface area contributed by atoms with Crippen molar-refractivity contribution >= 4 is 41.7 Å². The monoisotopic (exact) mass is 504 g/mol. The summed E-state index contributed by atoms with van der Waals surface area (Å²) < 4.78 is 5.56. The Morgan fingerprint density at radius 3 is 2.67 bits per heavy atom. The van der Waals surface area contributed by atoms with E-state index in [9.17, 15) is 0 Å². The summed E-state index contributed by atoms with van der Waals surface area (Å²) in [6.45, 7) is 9.77. The molecule has 1 aromatic rings. The van der Waals surface area contributed by atoms with Gasteiger partial charge in [0.25, 0.3) is 0 Å². The van der Waals surface area contributed by atoms with E-state index in [4.69, 9.17) is 9.73 Å². The van der Waals surface area contributed by atoms with E-state index in [1.54, 1.807) is 0 Å². The van der Waals surface area contributed by atoms with Crippen molar-refractivity contribution in [2.45, 2.75) is 31.8 Å². The molecule has 2 aliphatic rings. The molecule has 5 nitrogen and oxygen atoms in total. The summed E-state index contributed by atoms with van der Waals surface area (Å²) in [5.74, 6) is 3.31. The summed E-state index contributed by atoms with van der Waals surface area (Å²) >= 11 is 2.06. The van der Waals surface area contributed by atoms with Gasteiger partial charge in [0.05, 0.1) is 31.3 Å². The Labute approximate surface area is 185 Å². The van der Waals surface area contributed by atoms with E-state index >= 15 is 0 Å². The van der Waals surface area contributed by atoms with E-state index in [-0.39, 0.29) is 35.6 Å². The van der Waals surface area contributed by atoms with Crippen LogP contribution in [0.15, 0.2) is 35.3 Å². The van der Waals surface area contributed by atoms with Gasteiger partial charge in [0, 0.05) is 25.4 Å². The molecule has 2 saturated heterocycles. The van der Waals surface area contributed by atoms with Crippen LogP contribution in [0.1, 0.15) is 31.9 Å². The fourth-order valence-corrected chi connectivity index (χ4v) is 5.15. The molecule has 1 aromatic carbocycles. The predicted molar refractivity (Wildman–Crippen MR) is 126 cm³/mol. The van der Waals surface area contributed by atoms with Gasteiger partial charge in [-0.2, -0.15) is 11.8 Å². The molecule has 0 amide bonds. The number of hydrogen-bond donors (Lipinski definition) is 2. The van der Waals surface area contributed by atoms with Crippen molar-refractivity contribution in [2.75, 3.05) is 50.9 Å². The first-order chi connectivity index (χ1) is 12.7. The summed E-state index contributed by atoms with van der Waals surface area (Å²) in [4.78, 5) is 7.62. The second-order valence-corrected chi connectivity index (χ2v) is 8.20. The van der Waals surface area contributed by atoms with Crippen molar-refractivity contribution in [3.8, 4) is 0 Å². The van der Waals surface area contributed by atoms with Gasteiger partial charge in [-0.1, -0.05) is 30.3 Å². The molecule has 0 bridgehead atoms. The van der Waals surface area contributed by atoms with Crippen LogP contribution in [0, 0.1) is 0 Å². The molecule has 0 saturated carbocycles. The Kier molecular flexibility index (Phi) is 9.69. The standard InChI is InChI=1S/C20H32N4OS.HI/c1-3-21-19(23-17(2)18-7-5-4-6-8-18)22-15-20(9-14-26-16-20)24-10-12-25-13-11-24;/h4-8,17H,3,9-16H2,1-2H3,(H2,21,22,23);1H. The molecule has 27 heavy (non-hydrogen) atoms. The molecule has 0 spiro atoms. The highest BCUT2D eigenvalue weighted by Crippen LogP contribution is 2.34. The molecule has 0 aromatic heterocycles. The number of nitrogens with one attached hydrogen (secondary N) is 2. The molecule has 7 heteroatoms. The molecule has 2 atom stereocenters. The van der Waals surface area contributed by atoms with Crippen LogP contribution in [0.2, 0.25) is 0 Å². The fourth-order valence-electron chi connectivity index (χ4n) is 3.68. The van der Waals surface area contributed by atoms with Crippen LogP contribution < -0.4 is 10.6 Å². The van der Waals surface area contributed by atoms with E-state index in [0.717, 1.165) is 45.4 Å². The van der Waals surface area contributed by atoms with Crippen molar-refractivity contribution < 1.29 is 4.74 Å². The van der Waals surface area contributed by atoms with Gasteiger partial charge in [-0.05, 0) is 31.6 Å². The van der Waals surface area contributed by atoms with Gasteiger partial charge in [0.1, 0.15) is 0 Å². The van der Waals surface area contributed by atoms with Gasteiger partial charge in [-0.15, -0.1) is 24.0 Å². The van der Waals surface area contributed by atoms with Gasteiger partial charge >= 0.3 is 0 Å². The maximum atomic E-state index is 5.56. The van der Waals surface area contributed by atoms with Crippen molar-refractivity contribution in [1.82, 2.24) is 15.5 Å². The molecule has 3 rings (SSSR count). The zero-order valence-corrected chi connectivity index (χ0v) is 19.6. The number of rotatable bonds is 6. The number of aliphatic imine (C=N–C) groups is 1. The number of morpholine rings is 1. The maximum absolute atomic E-state index is 5.56. The Bertz CT molecular complexity index is 575. The van der Waals surface area contributed by atoms with Gasteiger partial charge < -0.3 is 15.4 Å². The van der Waals surface area contributed by atoms with Gasteiger partial charge in [-0.3, -0.25) is 9.89 Å². The van der Waals surface area contributed by atoms with E-state index < -0.39 is 0 Å². The van der Waals surface area contributed by atoms with Crippen molar-refractivity contribution in [3.63, 3.8) is 0 Å². The summed E-state index contributed by atoms with van der Waals surface area (Å²) in [5.41, 5.74) is 1.46. The number of nitrogens with zero attached hydrogens (tertiary/aromatic N) is 2. The number of thioether (sulfide) groups is 1. The lowest BCUT2D eigenvalue weighted by atomic mass is 9.96. The number of benzene rings is 1. The highest BCUT2D eigenvalue weighted by atomic mass is 127. The largest absolute Gasteiger partial charge is 0.379 e. The Morgan fingerprint density at radius 1 is 1.30 bits per heavy atom. The second-order valence-electron chi connectivity index (χ2n) is 7.10. The molecular weight excluding hydrogens is 471 g/mol. The topological polar surface area (TPSA) is 48.9 Å². The molecule has 2 fully saturated rings. The normalized spacial score (nSPS) is 24.9. The van der Waals surface area contributed by atoms with Gasteiger partial charge in [-0.25, -0.2) is 0 Å². The zero-order chi connectivity index (χ0) is 18.2. The summed E-state index contributed by atoms with van der Waals surface area (Å²) in [6, 6.07) is 10.8. The maximum Gasteiger partial charge on any atom is 0.191 e. The van der Waals surface area contributed by atoms with Crippen molar-refractivity contribution in [3.05, 3.63) is 35.9 Å². The first-order valence-electron chi connectivity index (χ1n) is 9.74. The molecule has 2 N–H and O–H groups in total. The molecule has 0 aliphatic carbocycles. The third kappa shape index (κ3) is 6.24. The Morgan fingerprint density at radius 2 is 2.04 bits per heavy atom. The number of halogens is 1. The molecular formula is C20H33IN4OS. The minimum Gasteiger partial charge on any atom is -0.379 e. The van der Waals surface area contributed by atoms with Crippen LogP contribution >= 0.6 is 35.7 Å². The average molecular weight is 504 g/mol. The molecule has 0 radical (unpaired) electrons. The fraction of sp³-hybridized carbons (Fsp3) is 0.650. The van der Waals surface area contributed by atoms with Crippen LogP contribution in [0.4, 0.5) is 0 Å². The zero-order valence-electron chi connectivity index (χ0n) is 16.4. The molecule has 152 valence electrons. The van der Waals surface area contributed by atoms with Gasteiger partial charge in [0.15, 0.2) is 5.96 Å². The SMILES string of the molecule is CCNC(=NCC1(N2CCOCC2)CCSC1)NC(C)c1ccccc1.I. The molecule has 2 aliphatic heterocycles. The Hall–Kier alpha value is -0.510. The summed E-state index contributed by atoms with van der Waals surface area (Å²) in [5, 5.41) is 6.98. The number of hydrogen-bond acceptors (Lipinski definition) is 4. The first-order valence-corrected chi connectivity index (χ1v) is 10.9. The minimum atomic E-state index is 0. The van der Waals surface area contributed by atoms with Gasteiger partial charge in [0.2, 0.25) is 0 Å². The highest BCUT2D eigenvalue weighted by molar-refractivity contribution is 14.0. The third-order valence-corrected chi connectivity index (χ3v) is 6.53. The van der Waals surface area contributed by atoms with Crippen LogP contribution in [-0.2, 0) is 4.74 Å².